The second kappa shape index (κ2) is 8.56. The van der Waals surface area contributed by atoms with E-state index in [1.54, 1.807) is 0 Å². The Morgan fingerprint density at radius 1 is 1.14 bits per heavy atom. The number of imidazole rings is 1. The molecule has 0 saturated heterocycles. The van der Waals surface area contributed by atoms with E-state index >= 15 is 0 Å². The number of nitrogens with zero attached hydrogens (tertiary/aromatic N) is 2. The van der Waals surface area contributed by atoms with Gasteiger partial charge in [0.15, 0.2) is 5.16 Å². The molecule has 0 fully saturated rings. The van der Waals surface area contributed by atoms with Crippen molar-refractivity contribution in [2.24, 2.45) is 5.73 Å². The Hall–Kier alpha value is -3.01. The van der Waals surface area contributed by atoms with Gasteiger partial charge in [-0.3, -0.25) is 10.1 Å². The number of imide groups is 1. The number of alkyl halides is 3. The molecule has 0 saturated carbocycles. The monoisotopic (exact) mass is 422 g/mol. The van der Waals surface area contributed by atoms with E-state index in [1.165, 1.54) is 17.8 Å². The molecule has 29 heavy (non-hydrogen) atoms. The topological polar surface area (TPSA) is 90.0 Å². The predicted octanol–water partition coefficient (Wildman–Crippen LogP) is 3.78. The summed E-state index contributed by atoms with van der Waals surface area (Å²) in [5, 5.41) is 2.45. The number of carbonyl (C=O) groups is 2. The van der Waals surface area contributed by atoms with Crippen LogP contribution >= 0.6 is 11.8 Å². The van der Waals surface area contributed by atoms with Gasteiger partial charge in [0, 0.05) is 12.2 Å². The SMILES string of the molecule is NC(=O)NC(=O)CCSc1nc2cc(C(F)(F)F)ccc2n1Cc1ccccc1. The van der Waals surface area contributed by atoms with E-state index in [2.05, 4.69) is 4.98 Å². The highest BCUT2D eigenvalue weighted by molar-refractivity contribution is 7.99. The summed E-state index contributed by atoms with van der Waals surface area (Å²) in [7, 11) is 0. The Labute approximate surface area is 168 Å². The lowest BCUT2D eigenvalue weighted by Gasteiger charge is -2.10. The molecular formula is C19H17F3N4O2S. The van der Waals surface area contributed by atoms with Gasteiger partial charge in [-0.05, 0) is 23.8 Å². The predicted molar refractivity (Wildman–Crippen MR) is 103 cm³/mol. The molecule has 3 amide bonds. The number of nitrogens with one attached hydrogen (secondary N) is 1. The van der Waals surface area contributed by atoms with E-state index in [-0.39, 0.29) is 17.7 Å². The first-order valence-electron chi connectivity index (χ1n) is 8.57. The van der Waals surface area contributed by atoms with Crippen LogP contribution in [-0.4, -0.2) is 27.2 Å². The highest BCUT2D eigenvalue weighted by atomic mass is 32.2. The fourth-order valence-electron chi connectivity index (χ4n) is 2.75. The molecule has 152 valence electrons. The van der Waals surface area contributed by atoms with E-state index in [0.717, 1.165) is 17.7 Å². The number of fused-ring (bicyclic) bond motifs is 1. The summed E-state index contributed by atoms with van der Waals surface area (Å²) < 4.78 is 40.9. The van der Waals surface area contributed by atoms with E-state index < -0.39 is 23.7 Å². The minimum Gasteiger partial charge on any atom is -0.351 e. The lowest BCUT2D eigenvalue weighted by molar-refractivity contribution is -0.137. The average Bonchev–Trinajstić information content (AvgIpc) is 2.98. The maximum absolute atomic E-state index is 13.0. The molecule has 0 atom stereocenters. The first-order chi connectivity index (χ1) is 13.7. The first-order valence-corrected chi connectivity index (χ1v) is 9.56. The van der Waals surface area contributed by atoms with Crippen molar-refractivity contribution in [2.45, 2.75) is 24.3 Å². The number of primary amides is 1. The van der Waals surface area contributed by atoms with Gasteiger partial charge in [-0.1, -0.05) is 42.1 Å². The summed E-state index contributed by atoms with van der Waals surface area (Å²) in [6, 6.07) is 11.9. The number of nitrogens with two attached hydrogens (primary N) is 1. The molecule has 0 unspecified atom stereocenters. The molecule has 0 aliphatic rings. The molecular weight excluding hydrogens is 405 g/mol. The summed E-state index contributed by atoms with van der Waals surface area (Å²) in [5.74, 6) is -0.251. The van der Waals surface area contributed by atoms with Crippen LogP contribution in [0, 0.1) is 0 Å². The molecule has 2 aromatic carbocycles. The molecule has 3 N–H and O–H groups in total. The van der Waals surface area contributed by atoms with Crippen molar-refractivity contribution < 1.29 is 22.8 Å². The van der Waals surface area contributed by atoms with Crippen LogP contribution in [-0.2, 0) is 17.5 Å². The Morgan fingerprint density at radius 3 is 2.52 bits per heavy atom. The van der Waals surface area contributed by atoms with E-state index in [9.17, 15) is 22.8 Å². The maximum atomic E-state index is 13.0. The number of carbonyl (C=O) groups excluding carboxylic acids is 2. The van der Waals surface area contributed by atoms with Crippen LogP contribution in [0.1, 0.15) is 17.5 Å². The third-order valence-electron chi connectivity index (χ3n) is 4.05. The lowest BCUT2D eigenvalue weighted by Crippen LogP contribution is -2.35. The molecule has 1 heterocycles. The zero-order chi connectivity index (χ0) is 21.0. The Balaban J connectivity index is 1.89. The van der Waals surface area contributed by atoms with Gasteiger partial charge in [0.05, 0.1) is 23.1 Å². The van der Waals surface area contributed by atoms with Gasteiger partial charge in [0.1, 0.15) is 0 Å². The number of aromatic nitrogens is 2. The quantitative estimate of drug-likeness (QED) is 0.592. The second-order valence-corrected chi connectivity index (χ2v) is 7.24. The van der Waals surface area contributed by atoms with E-state index in [0.29, 0.717) is 17.2 Å². The molecule has 0 aliphatic carbocycles. The Morgan fingerprint density at radius 2 is 1.86 bits per heavy atom. The number of urea groups is 1. The van der Waals surface area contributed by atoms with Crippen LogP contribution in [0.15, 0.2) is 53.7 Å². The highest BCUT2D eigenvalue weighted by Crippen LogP contribution is 2.33. The van der Waals surface area contributed by atoms with E-state index in [4.69, 9.17) is 5.73 Å². The van der Waals surface area contributed by atoms with E-state index in [1.807, 2.05) is 40.2 Å². The van der Waals surface area contributed by atoms with Crippen molar-refractivity contribution in [1.29, 1.82) is 0 Å². The standard InChI is InChI=1S/C19H17F3N4O2S/c20-19(21,22)13-6-7-15-14(10-13)24-18(29-9-8-16(27)25-17(23)28)26(15)11-12-4-2-1-3-5-12/h1-7,10H,8-9,11H2,(H3,23,25,27,28). The van der Waals surface area contributed by atoms with Crippen molar-refractivity contribution in [3.63, 3.8) is 0 Å². The van der Waals surface area contributed by atoms with Crippen LogP contribution in [0.5, 0.6) is 0 Å². The molecule has 10 heteroatoms. The molecule has 0 bridgehead atoms. The van der Waals surface area contributed by atoms with Crippen molar-refractivity contribution in [2.75, 3.05) is 5.75 Å². The Kier molecular flexibility index (Phi) is 6.12. The first kappa shape index (κ1) is 20.7. The van der Waals surface area contributed by atoms with Gasteiger partial charge < -0.3 is 10.3 Å². The summed E-state index contributed by atoms with van der Waals surface area (Å²) in [6.07, 6.45) is -4.45. The fraction of sp³-hybridized carbons (Fsp3) is 0.211. The largest absolute Gasteiger partial charge is 0.416 e. The summed E-state index contributed by atoms with van der Waals surface area (Å²) in [4.78, 5) is 26.6. The second-order valence-electron chi connectivity index (χ2n) is 6.18. The Bertz CT molecular complexity index is 1040. The lowest BCUT2D eigenvalue weighted by atomic mass is 10.2. The van der Waals surface area contributed by atoms with Crippen molar-refractivity contribution in [3.05, 3.63) is 59.7 Å². The van der Waals surface area contributed by atoms with Crippen LogP contribution < -0.4 is 11.1 Å². The minimum absolute atomic E-state index is 0.00987. The highest BCUT2D eigenvalue weighted by Gasteiger charge is 2.31. The van der Waals surface area contributed by atoms with Crippen LogP contribution in [0.2, 0.25) is 0 Å². The summed E-state index contributed by atoms with van der Waals surface area (Å²) in [6.45, 7) is 0.415. The average molecular weight is 422 g/mol. The number of benzene rings is 2. The minimum atomic E-state index is -4.46. The number of amides is 3. The smallest absolute Gasteiger partial charge is 0.351 e. The normalized spacial score (nSPS) is 11.6. The number of hydrogen-bond donors (Lipinski definition) is 2. The van der Waals surface area contributed by atoms with Crippen molar-refractivity contribution >= 4 is 34.7 Å². The van der Waals surface area contributed by atoms with Crippen LogP contribution in [0.4, 0.5) is 18.0 Å². The molecule has 6 nitrogen and oxygen atoms in total. The molecule has 3 rings (SSSR count). The number of halogens is 3. The zero-order valence-corrected chi connectivity index (χ0v) is 15.9. The van der Waals surface area contributed by atoms with Gasteiger partial charge >= 0.3 is 12.2 Å². The van der Waals surface area contributed by atoms with Gasteiger partial charge in [-0.2, -0.15) is 13.2 Å². The van der Waals surface area contributed by atoms with Crippen molar-refractivity contribution in [1.82, 2.24) is 14.9 Å². The maximum Gasteiger partial charge on any atom is 0.416 e. The molecule has 0 spiro atoms. The molecule has 0 radical (unpaired) electrons. The van der Waals surface area contributed by atoms with Gasteiger partial charge in [0.25, 0.3) is 0 Å². The zero-order valence-electron chi connectivity index (χ0n) is 15.1. The molecule has 3 aromatic rings. The third-order valence-corrected chi connectivity index (χ3v) is 5.03. The van der Waals surface area contributed by atoms with Gasteiger partial charge in [0.2, 0.25) is 5.91 Å². The van der Waals surface area contributed by atoms with Gasteiger partial charge in [-0.25, -0.2) is 9.78 Å². The van der Waals surface area contributed by atoms with Crippen LogP contribution in [0.3, 0.4) is 0 Å². The number of rotatable bonds is 6. The summed E-state index contributed by atoms with van der Waals surface area (Å²) >= 11 is 1.22. The summed E-state index contributed by atoms with van der Waals surface area (Å²) in [5.41, 5.74) is 5.87. The van der Waals surface area contributed by atoms with Gasteiger partial charge in [-0.15, -0.1) is 0 Å². The third kappa shape index (κ3) is 5.29. The van der Waals surface area contributed by atoms with Crippen molar-refractivity contribution in [3.8, 4) is 0 Å². The van der Waals surface area contributed by atoms with Crippen LogP contribution in [0.25, 0.3) is 11.0 Å². The fourth-order valence-corrected chi connectivity index (χ4v) is 3.70. The number of thioether (sulfide) groups is 1. The number of hydrogen-bond acceptors (Lipinski definition) is 4. The molecule has 0 aliphatic heterocycles. The molecule has 1 aromatic heterocycles.